The lowest BCUT2D eigenvalue weighted by molar-refractivity contribution is -0.139. The maximum absolute atomic E-state index is 13.1. The van der Waals surface area contributed by atoms with Gasteiger partial charge in [0, 0.05) is 128 Å². The second-order valence-electron chi connectivity index (χ2n) is 36.7. The highest BCUT2D eigenvalue weighted by molar-refractivity contribution is 8.00. The first-order valence-corrected chi connectivity index (χ1v) is 54.6. The third kappa shape index (κ3) is 31.4. The number of sulfonamides is 1. The standard InChI is InChI=1S/C40H44N6O7S.C34H37N7O4S.C31H29N5O4S.3C3H8/c1-2-23-53-39(51)27-16-14-25(15-17-27)35-29-9-3-4-11-32(29)46(45-35)28-20-18-26(19-21-28)37(48)42-30(38(49)50)10-7-8-22-41-34(47)13-6-5-12-33-36-31(24-54-33)43-40(52)44-36;35-32(43)22-14-16-24(17-15-22)41-27-7-2-1-6-25(27)30(40-41)21-10-12-23(13-11-21)33(44)37-19-5-18-36-29(42)9-4-3-8-28-31-26(20-46-28)38-34(45)39-31;1-21-7-17-26(18-8-21)41(39,40)34-20-4-19-33-31(38)24-11-9-22(10-12-24)29-27-5-2-3-6-28(27)36(35-29)25-15-13-23(14-16-25)30(32)37;3*1-3-2/h2-4,9,11,14-21,30-31,33,36H,1,5-8,10,12-13,22-24H2,(H,41,47)(H,42,48)(H,49,50)(H2,43,44,52);1-2,6-7,10-17,26,28,31H,3-5,8-9,18-20H2,(H2,35,43)(H,36,42)(H,37,44)(H2,38,39,45);2-3,5-18,34H,4,19-20H2,1H3,(H2,32,37)(H,33,38);3*3H2,1-2H3/t30-,31?,33?,36?;;;;;/m0...../s1. The normalized spacial score (nSPS) is 15.6. The van der Waals surface area contributed by atoms with Crippen LogP contribution in [-0.2, 0) is 29.1 Å². The van der Waals surface area contributed by atoms with E-state index in [1.807, 2.05) is 161 Å². The van der Waals surface area contributed by atoms with Crippen molar-refractivity contribution < 1.29 is 71.0 Å². The number of nitrogens with zero attached hydrogens (tertiary/aromatic N) is 6. The molecule has 15 N–H and O–H groups in total. The van der Waals surface area contributed by atoms with Crippen LogP contribution in [0.2, 0.25) is 0 Å². The van der Waals surface area contributed by atoms with Gasteiger partial charge in [0.25, 0.3) is 17.7 Å². The lowest BCUT2D eigenvalue weighted by Crippen LogP contribution is -2.40. The van der Waals surface area contributed by atoms with Gasteiger partial charge in [-0.3, -0.25) is 33.6 Å². The summed E-state index contributed by atoms with van der Waals surface area (Å²) in [5, 5.41) is 54.1. The summed E-state index contributed by atoms with van der Waals surface area (Å²) in [5.41, 5.74) is 24.1. The number of nitrogens with one attached hydrogen (secondary N) is 10. The molecule has 0 radical (unpaired) electrons. The highest BCUT2D eigenvalue weighted by atomic mass is 32.2. The minimum absolute atomic E-state index is 0.0207. The predicted molar refractivity (Wildman–Crippen MR) is 592 cm³/mol. The summed E-state index contributed by atoms with van der Waals surface area (Å²) in [6, 6.07) is 71.8. The number of esters is 1. The van der Waals surface area contributed by atoms with Crippen LogP contribution in [0.5, 0.6) is 0 Å². The van der Waals surface area contributed by atoms with E-state index in [0.717, 1.165) is 128 Å². The molecule has 0 aliphatic carbocycles. The van der Waals surface area contributed by atoms with Crippen LogP contribution >= 0.6 is 23.5 Å². The van der Waals surface area contributed by atoms with Crippen molar-refractivity contribution in [2.75, 3.05) is 50.8 Å². The van der Waals surface area contributed by atoms with Crippen LogP contribution in [-0.4, -0.2) is 200 Å². The molecule has 17 rings (SSSR count). The number of benzene rings is 10. The van der Waals surface area contributed by atoms with Crippen molar-refractivity contribution >= 4 is 132 Å². The van der Waals surface area contributed by atoms with Gasteiger partial charge in [-0.25, -0.2) is 46.4 Å². The molecule has 13 aromatic rings. The number of hydrogen-bond acceptors (Lipinski definition) is 19. The van der Waals surface area contributed by atoms with Gasteiger partial charge in [0.2, 0.25) is 33.7 Å². The Morgan fingerprint density at radius 1 is 0.440 bits per heavy atom. The third-order valence-electron chi connectivity index (χ3n) is 24.7. The van der Waals surface area contributed by atoms with Crippen molar-refractivity contribution in [2.45, 2.75) is 197 Å². The molecular formula is C114H134N18O15S3. The van der Waals surface area contributed by atoms with E-state index in [0.29, 0.717) is 120 Å². The summed E-state index contributed by atoms with van der Waals surface area (Å²) in [7, 11) is -3.59. The zero-order valence-corrected chi connectivity index (χ0v) is 88.1. The Kier molecular flexibility index (Phi) is 42.9. The van der Waals surface area contributed by atoms with Gasteiger partial charge in [0.1, 0.15) is 29.7 Å². The summed E-state index contributed by atoms with van der Waals surface area (Å²) >= 11 is 3.75. The molecule has 788 valence electrons. The van der Waals surface area contributed by atoms with Gasteiger partial charge in [-0.05, 0) is 204 Å². The minimum atomic E-state index is -3.59. The van der Waals surface area contributed by atoms with Gasteiger partial charge in [0.15, 0.2) is 0 Å². The topological polar surface area (TPSA) is 477 Å². The van der Waals surface area contributed by atoms with E-state index < -0.39 is 45.7 Å². The number of thioether (sulfide) groups is 2. The Morgan fingerprint density at radius 3 is 1.18 bits per heavy atom. The molecule has 6 unspecified atom stereocenters. The number of carbonyl (C=O) groups is 11. The lowest BCUT2D eigenvalue weighted by Gasteiger charge is -2.16. The molecular weight excluding hydrogens is 1960 g/mol. The summed E-state index contributed by atoms with van der Waals surface area (Å²) in [6.07, 6.45) is 13.9. The van der Waals surface area contributed by atoms with E-state index in [2.05, 4.69) is 101 Å². The van der Waals surface area contributed by atoms with Crippen LogP contribution < -0.4 is 64.0 Å². The van der Waals surface area contributed by atoms with Crippen molar-refractivity contribution in [1.82, 2.24) is 81.9 Å². The molecule has 0 spiro atoms. The Morgan fingerprint density at radius 2 is 0.793 bits per heavy atom. The molecule has 7 heterocycles. The van der Waals surface area contributed by atoms with Gasteiger partial charge in [-0.2, -0.15) is 38.8 Å². The molecule has 4 saturated heterocycles. The number of nitrogens with two attached hydrogens (primary N) is 2. The molecule has 3 aromatic heterocycles. The number of ether oxygens (including phenoxy) is 1. The molecule has 0 bridgehead atoms. The predicted octanol–water partition coefficient (Wildman–Crippen LogP) is 17.4. The molecule has 11 amide bonds. The van der Waals surface area contributed by atoms with E-state index in [-0.39, 0.29) is 84.3 Å². The van der Waals surface area contributed by atoms with Crippen molar-refractivity contribution in [2.24, 2.45) is 11.5 Å². The molecule has 4 aliphatic rings. The minimum Gasteiger partial charge on any atom is -0.480 e. The number of rotatable bonds is 41. The molecule has 7 atom stereocenters. The number of carbonyl (C=O) groups excluding carboxylic acids is 10. The van der Waals surface area contributed by atoms with Gasteiger partial charge in [0.05, 0.1) is 68.2 Å². The number of carboxylic acid groups (broad SMARTS) is 1. The lowest BCUT2D eigenvalue weighted by atomic mass is 10.0. The van der Waals surface area contributed by atoms with Crippen molar-refractivity contribution in [1.29, 1.82) is 0 Å². The van der Waals surface area contributed by atoms with Crippen molar-refractivity contribution in [3.8, 4) is 50.8 Å². The Labute approximate surface area is 883 Å². The zero-order valence-electron chi connectivity index (χ0n) is 85.6. The molecule has 33 nitrogen and oxygen atoms in total. The van der Waals surface area contributed by atoms with Gasteiger partial charge < -0.3 is 69.2 Å². The fraction of sp³-hybridized carbons (Fsp3) is 0.333. The first-order chi connectivity index (χ1) is 72.5. The highest BCUT2D eigenvalue weighted by Crippen LogP contribution is 2.38. The second kappa shape index (κ2) is 56.8. The van der Waals surface area contributed by atoms with Crippen molar-refractivity contribution in [3.63, 3.8) is 0 Å². The summed E-state index contributed by atoms with van der Waals surface area (Å²) in [6.45, 7) is 20.2. The van der Waals surface area contributed by atoms with E-state index in [4.69, 9.17) is 31.5 Å². The quantitative estimate of drug-likeness (QED) is 0.00732. The van der Waals surface area contributed by atoms with E-state index >= 15 is 0 Å². The molecule has 10 aromatic carbocycles. The van der Waals surface area contributed by atoms with E-state index in [9.17, 15) is 66.3 Å². The zero-order chi connectivity index (χ0) is 107. The smallest absolute Gasteiger partial charge is 0.338 e. The number of aryl methyl sites for hydroxylation is 1. The SMILES string of the molecule is C=CCOC(=O)c1ccc(-c2nn(-c3ccc(C(=O)N[C@@H](CCCCNC(=O)CCCCC4SCC5NC(=O)NC54)C(=O)O)cc3)c3ccccc23)cc1.CCC.CCC.CCC.Cc1ccc(S(=O)(=O)NCCCNC(=O)c2ccc(-c3nn(-c4ccc(C(N)=O)cc4)c4ccccc34)cc2)cc1.NC(=O)c1ccc(-n2nc(-c3ccc(C(=O)NCCCNC(=O)CCCCC4SCC5NC(=O)NC54)cc3)c3ccccc32)cc1. The number of aromatic nitrogens is 6. The van der Waals surface area contributed by atoms with Crippen LogP contribution in [0.3, 0.4) is 0 Å². The number of fused-ring (bicyclic) bond motifs is 5. The maximum Gasteiger partial charge on any atom is 0.338 e. The van der Waals surface area contributed by atoms with Gasteiger partial charge in [-0.1, -0.05) is 195 Å². The number of primary amides is 2. The largest absolute Gasteiger partial charge is 0.480 e. The van der Waals surface area contributed by atoms with Crippen LogP contribution in [0.25, 0.3) is 83.5 Å². The molecule has 4 aliphatic heterocycles. The van der Waals surface area contributed by atoms with Crippen LogP contribution in [0.15, 0.2) is 260 Å². The fourth-order valence-electron chi connectivity index (χ4n) is 17.2. The maximum atomic E-state index is 13.1. The average molecular weight is 2090 g/mol. The first kappa shape index (κ1) is 113. The second-order valence-corrected chi connectivity index (χ2v) is 41.0. The number of unbranched alkanes of at least 4 members (excludes halogenated alkanes) is 3. The average Bonchev–Trinajstić information content (AvgIpc) is 1.63. The number of para-hydroxylation sites is 3. The number of carboxylic acids is 1. The monoisotopic (exact) mass is 2090 g/mol. The summed E-state index contributed by atoms with van der Waals surface area (Å²) < 4.78 is 37.9. The number of aliphatic carboxylic acids is 1. The van der Waals surface area contributed by atoms with E-state index in [1.165, 1.54) is 25.3 Å². The highest BCUT2D eigenvalue weighted by Gasteiger charge is 2.44. The first-order valence-electron chi connectivity index (χ1n) is 51.1. The molecule has 4 fully saturated rings. The number of amides is 11. The van der Waals surface area contributed by atoms with Crippen LogP contribution in [0, 0.1) is 6.92 Å². The van der Waals surface area contributed by atoms with Gasteiger partial charge >= 0.3 is 24.0 Å². The van der Waals surface area contributed by atoms with Crippen molar-refractivity contribution in [3.05, 3.63) is 294 Å². The Bertz CT molecular complexity index is 6900. The summed E-state index contributed by atoms with van der Waals surface area (Å²) in [5.74, 6) is -1.62. The van der Waals surface area contributed by atoms with Gasteiger partial charge in [-0.15, -0.1) is 0 Å². The molecule has 150 heavy (non-hydrogen) atoms. The molecule has 36 heteroatoms. The fourth-order valence-corrected chi connectivity index (χ4v) is 21.4. The summed E-state index contributed by atoms with van der Waals surface area (Å²) in [4.78, 5) is 134. The number of urea groups is 2. The third-order valence-corrected chi connectivity index (χ3v) is 29.2. The van der Waals surface area contributed by atoms with Crippen LogP contribution in [0.1, 0.15) is 212 Å². The van der Waals surface area contributed by atoms with Crippen LogP contribution in [0.4, 0.5) is 9.59 Å². The van der Waals surface area contributed by atoms with E-state index in [1.54, 1.807) is 126 Å². The number of hydrogen-bond donors (Lipinski definition) is 13. The Hall–Kier alpha value is -15.3. The Balaban J connectivity index is 0.000000193. The molecule has 0 saturated carbocycles.